The van der Waals surface area contributed by atoms with Crippen LogP contribution in [0.4, 0.5) is 11.4 Å². The van der Waals surface area contributed by atoms with Crippen molar-refractivity contribution < 1.29 is 4.79 Å². The summed E-state index contributed by atoms with van der Waals surface area (Å²) in [4.78, 5) is 11.7. The van der Waals surface area contributed by atoms with Crippen molar-refractivity contribution in [3.05, 3.63) is 22.2 Å². The van der Waals surface area contributed by atoms with E-state index in [0.717, 1.165) is 16.5 Å². The summed E-state index contributed by atoms with van der Waals surface area (Å²) in [5.74, 6) is -0.00800. The minimum Gasteiger partial charge on any atom is -0.397 e. The van der Waals surface area contributed by atoms with E-state index in [4.69, 9.17) is 5.73 Å². The monoisotopic (exact) mass is 284 g/mol. The van der Waals surface area contributed by atoms with Gasteiger partial charge in [0, 0.05) is 10.4 Å². The molecule has 0 radical (unpaired) electrons. The predicted octanol–water partition coefficient (Wildman–Crippen LogP) is 3.32. The number of nitrogen functional groups attached to an aromatic ring is 1. The van der Waals surface area contributed by atoms with Crippen molar-refractivity contribution >= 4 is 33.2 Å². The van der Waals surface area contributed by atoms with Crippen molar-refractivity contribution in [3.63, 3.8) is 0 Å². The lowest BCUT2D eigenvalue weighted by molar-refractivity contribution is -0.119. The molecule has 1 atom stereocenters. The van der Waals surface area contributed by atoms with Gasteiger partial charge in [0.15, 0.2) is 0 Å². The summed E-state index contributed by atoms with van der Waals surface area (Å²) < 4.78 is 0.821. The maximum absolute atomic E-state index is 11.7. The van der Waals surface area contributed by atoms with Gasteiger partial charge in [-0.15, -0.1) is 0 Å². The van der Waals surface area contributed by atoms with Crippen LogP contribution in [-0.4, -0.2) is 5.91 Å². The molecule has 0 saturated heterocycles. The highest BCUT2D eigenvalue weighted by molar-refractivity contribution is 9.10. The third-order valence-electron chi connectivity index (χ3n) is 2.57. The molecule has 0 heterocycles. The van der Waals surface area contributed by atoms with E-state index in [2.05, 4.69) is 21.2 Å². The van der Waals surface area contributed by atoms with Gasteiger partial charge in [-0.1, -0.05) is 13.8 Å². The van der Waals surface area contributed by atoms with Gasteiger partial charge < -0.3 is 11.1 Å². The first-order valence-corrected chi connectivity index (χ1v) is 6.11. The third-order valence-corrected chi connectivity index (χ3v) is 3.20. The van der Waals surface area contributed by atoms with Crippen molar-refractivity contribution in [2.75, 3.05) is 11.1 Å². The van der Waals surface area contributed by atoms with E-state index in [9.17, 15) is 4.79 Å². The van der Waals surface area contributed by atoms with Crippen LogP contribution in [0.1, 0.15) is 25.8 Å². The van der Waals surface area contributed by atoms with Crippen LogP contribution in [0.2, 0.25) is 0 Å². The number of halogens is 1. The van der Waals surface area contributed by atoms with Crippen LogP contribution in [0.5, 0.6) is 0 Å². The van der Waals surface area contributed by atoms with E-state index in [1.807, 2.05) is 32.9 Å². The molecule has 88 valence electrons. The zero-order chi connectivity index (χ0) is 12.3. The maximum atomic E-state index is 11.7. The van der Waals surface area contributed by atoms with Crippen molar-refractivity contribution in [2.45, 2.75) is 27.2 Å². The Morgan fingerprint density at radius 1 is 1.56 bits per heavy atom. The van der Waals surface area contributed by atoms with Crippen LogP contribution in [0, 0.1) is 12.8 Å². The van der Waals surface area contributed by atoms with Gasteiger partial charge in [-0.2, -0.15) is 0 Å². The topological polar surface area (TPSA) is 55.1 Å². The number of anilines is 2. The van der Waals surface area contributed by atoms with Crippen LogP contribution >= 0.6 is 15.9 Å². The molecule has 4 heteroatoms. The number of hydrogen-bond acceptors (Lipinski definition) is 2. The molecule has 3 N–H and O–H groups in total. The molecule has 0 saturated carbocycles. The molecular weight excluding hydrogens is 268 g/mol. The normalized spacial score (nSPS) is 12.2. The highest BCUT2D eigenvalue weighted by atomic mass is 79.9. The molecule has 1 unspecified atom stereocenters. The van der Waals surface area contributed by atoms with Crippen LogP contribution in [0.15, 0.2) is 16.6 Å². The van der Waals surface area contributed by atoms with Gasteiger partial charge in [0.1, 0.15) is 0 Å². The molecule has 0 aromatic heterocycles. The van der Waals surface area contributed by atoms with Crippen molar-refractivity contribution in [3.8, 4) is 0 Å². The highest BCUT2D eigenvalue weighted by Crippen LogP contribution is 2.30. The SMILES string of the molecule is CCC(C)C(=O)Nc1c(N)cc(C)cc1Br. The molecule has 0 aliphatic carbocycles. The zero-order valence-corrected chi connectivity index (χ0v) is 11.4. The number of carbonyl (C=O) groups is 1. The Hall–Kier alpha value is -1.03. The number of hydrogen-bond donors (Lipinski definition) is 2. The molecule has 0 bridgehead atoms. The van der Waals surface area contributed by atoms with E-state index < -0.39 is 0 Å². The highest BCUT2D eigenvalue weighted by Gasteiger charge is 2.14. The van der Waals surface area contributed by atoms with Crippen LogP contribution in [0.25, 0.3) is 0 Å². The number of benzene rings is 1. The van der Waals surface area contributed by atoms with E-state index in [-0.39, 0.29) is 11.8 Å². The summed E-state index contributed by atoms with van der Waals surface area (Å²) in [6.45, 7) is 5.84. The molecule has 16 heavy (non-hydrogen) atoms. The fourth-order valence-electron chi connectivity index (χ4n) is 1.33. The van der Waals surface area contributed by atoms with Crippen LogP contribution < -0.4 is 11.1 Å². The predicted molar refractivity (Wildman–Crippen MR) is 71.4 cm³/mol. The lowest BCUT2D eigenvalue weighted by Gasteiger charge is -2.14. The van der Waals surface area contributed by atoms with Crippen molar-refractivity contribution in [2.24, 2.45) is 5.92 Å². The number of amides is 1. The summed E-state index contributed by atoms with van der Waals surface area (Å²) in [6.07, 6.45) is 0.815. The number of nitrogens with two attached hydrogens (primary N) is 1. The zero-order valence-electron chi connectivity index (χ0n) is 9.80. The van der Waals surface area contributed by atoms with E-state index in [1.54, 1.807) is 0 Å². The average Bonchev–Trinajstić information content (AvgIpc) is 2.21. The smallest absolute Gasteiger partial charge is 0.227 e. The Kier molecular flexibility index (Phi) is 4.35. The minimum atomic E-state index is -0.00685. The van der Waals surface area contributed by atoms with Crippen molar-refractivity contribution in [1.82, 2.24) is 0 Å². The summed E-state index contributed by atoms with van der Waals surface area (Å²) in [6, 6.07) is 3.78. The van der Waals surface area contributed by atoms with E-state index >= 15 is 0 Å². The molecule has 0 fully saturated rings. The Morgan fingerprint density at radius 3 is 2.69 bits per heavy atom. The fraction of sp³-hybridized carbons (Fsp3) is 0.417. The Balaban J connectivity index is 2.93. The summed E-state index contributed by atoms with van der Waals surface area (Å²) in [5, 5.41) is 2.85. The first-order valence-electron chi connectivity index (χ1n) is 5.32. The first-order chi connectivity index (χ1) is 7.45. The Labute approximate surface area is 105 Å². The van der Waals surface area contributed by atoms with Gasteiger partial charge in [0.25, 0.3) is 0 Å². The molecule has 1 aromatic carbocycles. The first kappa shape index (κ1) is 13.0. The van der Waals surface area contributed by atoms with Crippen LogP contribution in [-0.2, 0) is 4.79 Å². The molecule has 0 spiro atoms. The van der Waals surface area contributed by atoms with E-state index in [0.29, 0.717) is 11.4 Å². The minimum absolute atomic E-state index is 0.00115. The second-order valence-corrected chi connectivity index (χ2v) is 4.86. The second kappa shape index (κ2) is 5.34. The summed E-state index contributed by atoms with van der Waals surface area (Å²) in [7, 11) is 0. The van der Waals surface area contributed by atoms with Gasteiger partial charge in [-0.25, -0.2) is 0 Å². The van der Waals surface area contributed by atoms with Gasteiger partial charge in [-0.05, 0) is 47.0 Å². The second-order valence-electron chi connectivity index (χ2n) is 4.01. The Morgan fingerprint density at radius 2 is 2.19 bits per heavy atom. The summed E-state index contributed by atoms with van der Waals surface area (Å²) in [5.41, 5.74) is 8.18. The molecule has 3 nitrogen and oxygen atoms in total. The maximum Gasteiger partial charge on any atom is 0.227 e. The number of rotatable bonds is 3. The molecule has 1 amide bonds. The van der Waals surface area contributed by atoms with Crippen molar-refractivity contribution in [1.29, 1.82) is 0 Å². The fourth-order valence-corrected chi connectivity index (χ4v) is 2.02. The average molecular weight is 285 g/mol. The molecule has 0 aliphatic rings. The standard InChI is InChI=1S/C12H17BrN2O/c1-4-8(3)12(16)15-11-9(13)5-7(2)6-10(11)14/h5-6,8H,4,14H2,1-3H3,(H,15,16). The lowest BCUT2D eigenvalue weighted by Crippen LogP contribution is -2.20. The Bertz CT molecular complexity index is 381. The molecular formula is C12H17BrN2O. The van der Waals surface area contributed by atoms with Gasteiger partial charge in [0.05, 0.1) is 11.4 Å². The van der Waals surface area contributed by atoms with Gasteiger partial charge in [-0.3, -0.25) is 4.79 Å². The van der Waals surface area contributed by atoms with Crippen LogP contribution in [0.3, 0.4) is 0 Å². The molecule has 1 aromatic rings. The summed E-state index contributed by atoms with van der Waals surface area (Å²) >= 11 is 3.40. The number of aryl methyl sites for hydroxylation is 1. The largest absolute Gasteiger partial charge is 0.397 e. The molecule has 1 rings (SSSR count). The number of nitrogens with one attached hydrogen (secondary N) is 1. The molecule has 0 aliphatic heterocycles. The number of carbonyl (C=O) groups excluding carboxylic acids is 1. The quantitative estimate of drug-likeness (QED) is 0.837. The van der Waals surface area contributed by atoms with E-state index in [1.165, 1.54) is 0 Å². The van der Waals surface area contributed by atoms with Gasteiger partial charge in [0.2, 0.25) is 5.91 Å². The lowest BCUT2D eigenvalue weighted by atomic mass is 10.1. The van der Waals surface area contributed by atoms with Gasteiger partial charge >= 0.3 is 0 Å². The third kappa shape index (κ3) is 2.98.